The summed E-state index contributed by atoms with van der Waals surface area (Å²) in [5.74, 6) is 0.224. The Bertz CT molecular complexity index is 598. The molecular formula is C13H16N4O. The van der Waals surface area contributed by atoms with Crippen molar-refractivity contribution in [3.63, 3.8) is 0 Å². The quantitative estimate of drug-likeness (QED) is 0.739. The molecule has 1 saturated carbocycles. The molecule has 0 aliphatic heterocycles. The van der Waals surface area contributed by atoms with E-state index in [1.54, 1.807) is 0 Å². The smallest absolute Gasteiger partial charge is 0.287 e. The number of aromatic nitrogens is 2. The number of nitrogens with two attached hydrogens (primary N) is 1. The largest absolute Gasteiger partial charge is 0.347 e. The third-order valence-corrected chi connectivity index (χ3v) is 3.44. The van der Waals surface area contributed by atoms with E-state index >= 15 is 0 Å². The van der Waals surface area contributed by atoms with Crippen molar-refractivity contribution in [2.75, 3.05) is 0 Å². The van der Waals surface area contributed by atoms with Crippen LogP contribution in [0, 0.1) is 6.92 Å². The Labute approximate surface area is 105 Å². The second kappa shape index (κ2) is 4.10. The zero-order valence-corrected chi connectivity index (χ0v) is 10.2. The molecule has 0 radical (unpaired) electrons. The highest BCUT2D eigenvalue weighted by Gasteiger charge is 2.28. The van der Waals surface area contributed by atoms with E-state index in [-0.39, 0.29) is 18.0 Å². The van der Waals surface area contributed by atoms with Gasteiger partial charge in [-0.3, -0.25) is 4.79 Å². The molecule has 1 aliphatic rings. The minimum Gasteiger partial charge on any atom is -0.347 e. The van der Waals surface area contributed by atoms with Crippen LogP contribution < -0.4 is 11.1 Å². The lowest BCUT2D eigenvalue weighted by atomic mass is 9.88. The normalized spacial score (nSPS) is 22.8. The molecule has 94 valence electrons. The lowest BCUT2D eigenvalue weighted by Crippen LogP contribution is -2.50. The Hall–Kier alpha value is -1.88. The van der Waals surface area contributed by atoms with E-state index in [1.165, 1.54) is 0 Å². The van der Waals surface area contributed by atoms with E-state index in [4.69, 9.17) is 5.73 Å². The Morgan fingerprint density at radius 3 is 2.94 bits per heavy atom. The van der Waals surface area contributed by atoms with Gasteiger partial charge in [-0.15, -0.1) is 0 Å². The zero-order valence-electron chi connectivity index (χ0n) is 10.2. The number of para-hydroxylation sites is 1. The molecule has 0 atom stereocenters. The third kappa shape index (κ3) is 1.86. The summed E-state index contributed by atoms with van der Waals surface area (Å²) in [4.78, 5) is 19.4. The van der Waals surface area contributed by atoms with Crippen LogP contribution in [-0.2, 0) is 0 Å². The van der Waals surface area contributed by atoms with Crippen LogP contribution >= 0.6 is 0 Å². The van der Waals surface area contributed by atoms with E-state index in [1.807, 2.05) is 25.1 Å². The van der Waals surface area contributed by atoms with Gasteiger partial charge in [0.25, 0.3) is 5.91 Å². The lowest BCUT2D eigenvalue weighted by Gasteiger charge is -2.32. The number of fused-ring (bicyclic) bond motifs is 1. The predicted molar refractivity (Wildman–Crippen MR) is 69.3 cm³/mol. The minimum absolute atomic E-state index is 0.150. The van der Waals surface area contributed by atoms with Gasteiger partial charge < -0.3 is 16.0 Å². The van der Waals surface area contributed by atoms with E-state index in [9.17, 15) is 4.79 Å². The first-order valence-corrected chi connectivity index (χ1v) is 6.15. The number of nitrogens with zero attached hydrogens (tertiary/aromatic N) is 1. The summed E-state index contributed by atoms with van der Waals surface area (Å²) < 4.78 is 0. The fourth-order valence-electron chi connectivity index (χ4n) is 2.32. The van der Waals surface area contributed by atoms with Crippen molar-refractivity contribution in [3.05, 3.63) is 29.6 Å². The fraction of sp³-hybridized carbons (Fsp3) is 0.385. The Balaban J connectivity index is 1.81. The molecule has 2 aromatic rings. The zero-order chi connectivity index (χ0) is 12.7. The second-order valence-electron chi connectivity index (χ2n) is 4.96. The summed E-state index contributed by atoms with van der Waals surface area (Å²) >= 11 is 0. The molecule has 1 aromatic heterocycles. The number of nitrogens with one attached hydrogen (secondary N) is 2. The molecule has 1 amide bonds. The molecule has 5 nitrogen and oxygen atoms in total. The van der Waals surface area contributed by atoms with Gasteiger partial charge in [-0.2, -0.15) is 0 Å². The topological polar surface area (TPSA) is 83.8 Å². The number of imidazole rings is 1. The van der Waals surface area contributed by atoms with Crippen LogP contribution in [0.4, 0.5) is 0 Å². The summed E-state index contributed by atoms with van der Waals surface area (Å²) in [6, 6.07) is 6.28. The van der Waals surface area contributed by atoms with Crippen LogP contribution in [0.25, 0.3) is 11.0 Å². The van der Waals surface area contributed by atoms with Gasteiger partial charge in [0.15, 0.2) is 5.82 Å². The van der Waals surface area contributed by atoms with Gasteiger partial charge in [-0.25, -0.2) is 4.98 Å². The van der Waals surface area contributed by atoms with Crippen molar-refractivity contribution in [1.29, 1.82) is 0 Å². The standard InChI is InChI=1S/C13H16N4O/c1-7-3-2-4-10-11(7)17-12(16-10)13(18)15-9-5-8(14)6-9/h2-4,8-9H,5-6,14H2,1H3,(H,15,18)(H,16,17). The predicted octanol–water partition coefficient (Wildman–Crippen LogP) is 1.09. The fourth-order valence-corrected chi connectivity index (χ4v) is 2.32. The Kier molecular flexibility index (Phi) is 2.56. The highest BCUT2D eigenvalue weighted by atomic mass is 16.2. The van der Waals surface area contributed by atoms with Crippen LogP contribution in [0.5, 0.6) is 0 Å². The molecule has 4 N–H and O–H groups in total. The number of carbonyl (C=O) groups is 1. The summed E-state index contributed by atoms with van der Waals surface area (Å²) in [6.45, 7) is 1.98. The summed E-state index contributed by atoms with van der Waals surface area (Å²) in [7, 11) is 0. The van der Waals surface area contributed by atoms with Crippen molar-refractivity contribution in [3.8, 4) is 0 Å². The molecule has 18 heavy (non-hydrogen) atoms. The first kappa shape index (κ1) is 11.2. The average molecular weight is 244 g/mol. The first-order chi connectivity index (χ1) is 8.63. The van der Waals surface area contributed by atoms with Crippen LogP contribution in [0.1, 0.15) is 29.0 Å². The van der Waals surface area contributed by atoms with Crippen molar-refractivity contribution in [2.45, 2.75) is 31.8 Å². The van der Waals surface area contributed by atoms with Crippen LogP contribution in [0.15, 0.2) is 18.2 Å². The number of aromatic amines is 1. The van der Waals surface area contributed by atoms with Crippen molar-refractivity contribution >= 4 is 16.9 Å². The molecule has 0 spiro atoms. The van der Waals surface area contributed by atoms with Crippen molar-refractivity contribution < 1.29 is 4.79 Å². The van der Waals surface area contributed by atoms with Gasteiger partial charge in [-0.1, -0.05) is 12.1 Å². The minimum atomic E-state index is -0.150. The molecule has 0 saturated heterocycles. The summed E-state index contributed by atoms with van der Waals surface area (Å²) in [6.07, 6.45) is 1.70. The Morgan fingerprint density at radius 1 is 1.50 bits per heavy atom. The maximum absolute atomic E-state index is 12.0. The molecule has 0 unspecified atom stereocenters. The third-order valence-electron chi connectivity index (χ3n) is 3.44. The molecule has 3 rings (SSSR count). The van der Waals surface area contributed by atoms with Crippen molar-refractivity contribution in [1.82, 2.24) is 15.3 Å². The van der Waals surface area contributed by atoms with Crippen LogP contribution in [0.2, 0.25) is 0 Å². The highest BCUT2D eigenvalue weighted by molar-refractivity contribution is 5.94. The van der Waals surface area contributed by atoms with Gasteiger partial charge in [0.05, 0.1) is 11.0 Å². The molecule has 1 aliphatic carbocycles. The van der Waals surface area contributed by atoms with E-state index in [0.717, 1.165) is 29.4 Å². The molecule has 5 heteroatoms. The van der Waals surface area contributed by atoms with Crippen molar-refractivity contribution in [2.24, 2.45) is 5.73 Å². The number of benzene rings is 1. The van der Waals surface area contributed by atoms with Gasteiger partial charge >= 0.3 is 0 Å². The number of hydrogen-bond donors (Lipinski definition) is 3. The number of aryl methyl sites for hydroxylation is 1. The average Bonchev–Trinajstić information content (AvgIpc) is 2.72. The lowest BCUT2D eigenvalue weighted by molar-refractivity contribution is 0.0901. The monoisotopic (exact) mass is 244 g/mol. The van der Waals surface area contributed by atoms with Crippen LogP contribution in [0.3, 0.4) is 0 Å². The SMILES string of the molecule is Cc1cccc2[nH]c(C(=O)NC3CC(N)C3)nc12. The number of rotatable bonds is 2. The number of H-pyrrole nitrogens is 1. The molecule has 1 aromatic carbocycles. The number of amides is 1. The van der Waals surface area contributed by atoms with E-state index in [2.05, 4.69) is 15.3 Å². The van der Waals surface area contributed by atoms with Crippen LogP contribution in [-0.4, -0.2) is 28.0 Å². The highest BCUT2D eigenvalue weighted by Crippen LogP contribution is 2.19. The summed E-state index contributed by atoms with van der Waals surface area (Å²) in [5.41, 5.74) is 8.50. The second-order valence-corrected chi connectivity index (χ2v) is 4.96. The van der Waals surface area contributed by atoms with Gasteiger partial charge in [-0.05, 0) is 31.4 Å². The number of carbonyl (C=O) groups excluding carboxylic acids is 1. The van der Waals surface area contributed by atoms with Gasteiger partial charge in [0.2, 0.25) is 0 Å². The van der Waals surface area contributed by atoms with Gasteiger partial charge in [0, 0.05) is 12.1 Å². The molecule has 1 heterocycles. The van der Waals surface area contributed by atoms with Gasteiger partial charge in [0.1, 0.15) is 0 Å². The Morgan fingerprint density at radius 2 is 2.28 bits per heavy atom. The summed E-state index contributed by atoms with van der Waals surface area (Å²) in [5, 5.41) is 2.93. The first-order valence-electron chi connectivity index (χ1n) is 6.15. The molecule has 1 fully saturated rings. The van der Waals surface area contributed by atoms with E-state index < -0.39 is 0 Å². The maximum Gasteiger partial charge on any atom is 0.287 e. The van der Waals surface area contributed by atoms with E-state index in [0.29, 0.717) is 5.82 Å². The molecular weight excluding hydrogens is 228 g/mol. The molecule has 0 bridgehead atoms. The maximum atomic E-state index is 12.0. The number of hydrogen-bond acceptors (Lipinski definition) is 3.